The van der Waals surface area contributed by atoms with E-state index in [0.717, 1.165) is 32.2 Å². The summed E-state index contributed by atoms with van der Waals surface area (Å²) in [5, 5.41) is 3.49. The highest BCUT2D eigenvalue weighted by atomic mass is 127. The van der Waals surface area contributed by atoms with Gasteiger partial charge in [0.1, 0.15) is 0 Å². The van der Waals surface area contributed by atoms with Gasteiger partial charge >= 0.3 is 0 Å². The minimum Gasteiger partial charge on any atom is -0.376 e. The molecule has 1 aliphatic rings. The summed E-state index contributed by atoms with van der Waals surface area (Å²) in [6, 6.07) is 10.3. The number of nitrogens with zero attached hydrogens (tertiary/aromatic N) is 2. The predicted molar refractivity (Wildman–Crippen MR) is 112 cm³/mol. The number of guanidine groups is 1. The highest BCUT2D eigenvalue weighted by Crippen LogP contribution is 2.28. The second kappa shape index (κ2) is 10.2. The van der Waals surface area contributed by atoms with Gasteiger partial charge in [-0.05, 0) is 23.3 Å². The zero-order valence-electron chi connectivity index (χ0n) is 15.4. The Kier molecular flexibility index (Phi) is 9.05. The predicted octanol–water partition coefficient (Wildman–Crippen LogP) is 3.76. The standard InChI is InChI=1S/C19H31N3O.HI/c1-16(13-23-14-17-8-6-5-7-9-17)12-21-18(20-4)22-11-10-19(2,3)15-22;/h5-9,16H,10-15H2,1-4H3,(H,20,21);1H. The van der Waals surface area contributed by atoms with Crippen molar-refractivity contribution in [2.75, 3.05) is 33.3 Å². The maximum absolute atomic E-state index is 5.81. The van der Waals surface area contributed by atoms with Gasteiger partial charge in [0.25, 0.3) is 0 Å². The molecule has 0 spiro atoms. The molecule has 0 amide bonds. The van der Waals surface area contributed by atoms with Gasteiger partial charge in [-0.2, -0.15) is 0 Å². The lowest BCUT2D eigenvalue weighted by Gasteiger charge is -2.24. The van der Waals surface area contributed by atoms with Crippen molar-refractivity contribution in [2.24, 2.45) is 16.3 Å². The van der Waals surface area contributed by atoms with Crippen LogP contribution in [0.25, 0.3) is 0 Å². The number of rotatable bonds is 6. The van der Waals surface area contributed by atoms with Crippen molar-refractivity contribution in [3.05, 3.63) is 35.9 Å². The molecule has 0 saturated carbocycles. The molecular weight excluding hydrogens is 413 g/mol. The Morgan fingerprint density at radius 2 is 2.04 bits per heavy atom. The van der Waals surface area contributed by atoms with E-state index in [1.54, 1.807) is 0 Å². The maximum Gasteiger partial charge on any atom is 0.193 e. The number of benzene rings is 1. The lowest BCUT2D eigenvalue weighted by Crippen LogP contribution is -2.42. The monoisotopic (exact) mass is 445 g/mol. The molecule has 4 nitrogen and oxygen atoms in total. The van der Waals surface area contributed by atoms with Crippen LogP contribution in [0, 0.1) is 11.3 Å². The summed E-state index contributed by atoms with van der Waals surface area (Å²) >= 11 is 0. The fraction of sp³-hybridized carbons (Fsp3) is 0.632. The summed E-state index contributed by atoms with van der Waals surface area (Å²) < 4.78 is 5.81. The molecule has 1 N–H and O–H groups in total. The van der Waals surface area contributed by atoms with Gasteiger partial charge < -0.3 is 15.0 Å². The molecule has 1 unspecified atom stereocenters. The Bertz CT molecular complexity index is 505. The van der Waals surface area contributed by atoms with Crippen LogP contribution in [0.2, 0.25) is 0 Å². The van der Waals surface area contributed by atoms with Crippen LogP contribution >= 0.6 is 24.0 Å². The van der Waals surface area contributed by atoms with E-state index in [-0.39, 0.29) is 24.0 Å². The molecule has 0 radical (unpaired) electrons. The van der Waals surface area contributed by atoms with E-state index < -0.39 is 0 Å². The van der Waals surface area contributed by atoms with Gasteiger partial charge in [-0.25, -0.2) is 0 Å². The second-order valence-corrected chi connectivity index (χ2v) is 7.37. The first kappa shape index (κ1) is 21.2. The van der Waals surface area contributed by atoms with Gasteiger partial charge in [-0.15, -0.1) is 24.0 Å². The number of nitrogens with one attached hydrogen (secondary N) is 1. The average Bonchev–Trinajstić information content (AvgIpc) is 2.89. The zero-order valence-corrected chi connectivity index (χ0v) is 17.7. The van der Waals surface area contributed by atoms with Crippen molar-refractivity contribution >= 4 is 29.9 Å². The van der Waals surface area contributed by atoms with Gasteiger partial charge in [-0.1, -0.05) is 51.1 Å². The SMILES string of the molecule is CN=C(NCC(C)COCc1ccccc1)N1CCC(C)(C)C1.I. The van der Waals surface area contributed by atoms with E-state index in [2.05, 4.69) is 48.1 Å². The Balaban J connectivity index is 0.00000288. The number of aliphatic imine (C=N–C) groups is 1. The van der Waals surface area contributed by atoms with Crippen LogP contribution in [0.15, 0.2) is 35.3 Å². The van der Waals surface area contributed by atoms with Crippen LogP contribution in [0.5, 0.6) is 0 Å². The van der Waals surface area contributed by atoms with E-state index in [0.29, 0.717) is 17.9 Å². The molecule has 5 heteroatoms. The van der Waals surface area contributed by atoms with Crippen LogP contribution in [0.1, 0.15) is 32.8 Å². The molecule has 0 bridgehead atoms. The Morgan fingerprint density at radius 3 is 2.62 bits per heavy atom. The topological polar surface area (TPSA) is 36.9 Å². The number of likely N-dealkylation sites (tertiary alicyclic amines) is 1. The lowest BCUT2D eigenvalue weighted by molar-refractivity contribution is 0.0929. The number of hydrogen-bond donors (Lipinski definition) is 1. The number of hydrogen-bond acceptors (Lipinski definition) is 2. The third-order valence-electron chi connectivity index (χ3n) is 4.31. The van der Waals surface area contributed by atoms with E-state index in [1.807, 2.05) is 25.2 Å². The Labute approximate surface area is 164 Å². The van der Waals surface area contributed by atoms with Gasteiger partial charge in [0.2, 0.25) is 0 Å². The van der Waals surface area contributed by atoms with Crippen LogP contribution in [-0.4, -0.2) is 44.1 Å². The van der Waals surface area contributed by atoms with E-state index in [4.69, 9.17) is 4.74 Å². The highest BCUT2D eigenvalue weighted by molar-refractivity contribution is 14.0. The normalized spacial score (nSPS) is 18.2. The van der Waals surface area contributed by atoms with E-state index in [1.165, 1.54) is 12.0 Å². The van der Waals surface area contributed by atoms with Crippen molar-refractivity contribution in [2.45, 2.75) is 33.8 Å². The van der Waals surface area contributed by atoms with Crippen molar-refractivity contribution < 1.29 is 4.74 Å². The lowest BCUT2D eigenvalue weighted by atomic mass is 9.93. The second-order valence-electron chi connectivity index (χ2n) is 7.37. The minimum atomic E-state index is 0. The summed E-state index contributed by atoms with van der Waals surface area (Å²) in [5.74, 6) is 1.47. The Morgan fingerprint density at radius 1 is 1.33 bits per heavy atom. The molecule has 136 valence electrons. The van der Waals surface area contributed by atoms with Gasteiger partial charge in [0, 0.05) is 26.7 Å². The molecule has 24 heavy (non-hydrogen) atoms. The highest BCUT2D eigenvalue weighted by Gasteiger charge is 2.30. The van der Waals surface area contributed by atoms with Gasteiger partial charge in [0.05, 0.1) is 13.2 Å². The molecule has 1 fully saturated rings. The quantitative estimate of drug-likeness (QED) is 0.412. The molecule has 1 atom stereocenters. The molecular formula is C19H32IN3O. The zero-order chi connectivity index (χ0) is 16.7. The third-order valence-corrected chi connectivity index (χ3v) is 4.31. The molecule has 1 saturated heterocycles. The number of ether oxygens (including phenoxy) is 1. The first-order valence-electron chi connectivity index (χ1n) is 8.57. The molecule has 1 heterocycles. The summed E-state index contributed by atoms with van der Waals surface area (Å²) in [5.41, 5.74) is 1.62. The summed E-state index contributed by atoms with van der Waals surface area (Å²) in [6.07, 6.45) is 1.23. The Hall–Kier alpha value is -0.820. The minimum absolute atomic E-state index is 0. The molecule has 1 aliphatic heterocycles. The summed E-state index contributed by atoms with van der Waals surface area (Å²) in [7, 11) is 1.87. The average molecular weight is 445 g/mol. The van der Waals surface area contributed by atoms with Crippen molar-refractivity contribution in [1.82, 2.24) is 10.2 Å². The smallest absolute Gasteiger partial charge is 0.193 e. The molecule has 0 aromatic heterocycles. The van der Waals surface area contributed by atoms with E-state index in [9.17, 15) is 0 Å². The maximum atomic E-state index is 5.81. The summed E-state index contributed by atoms with van der Waals surface area (Å²) in [6.45, 7) is 11.3. The molecule has 1 aromatic rings. The molecule has 0 aliphatic carbocycles. The van der Waals surface area contributed by atoms with Crippen LogP contribution < -0.4 is 5.32 Å². The fourth-order valence-electron chi connectivity index (χ4n) is 2.90. The van der Waals surface area contributed by atoms with Crippen LogP contribution in [-0.2, 0) is 11.3 Å². The first-order chi connectivity index (χ1) is 11.0. The first-order valence-corrected chi connectivity index (χ1v) is 8.57. The number of halogens is 1. The van der Waals surface area contributed by atoms with E-state index >= 15 is 0 Å². The summed E-state index contributed by atoms with van der Waals surface area (Å²) in [4.78, 5) is 6.78. The van der Waals surface area contributed by atoms with Crippen molar-refractivity contribution in [3.63, 3.8) is 0 Å². The largest absolute Gasteiger partial charge is 0.376 e. The van der Waals surface area contributed by atoms with Crippen LogP contribution in [0.3, 0.4) is 0 Å². The van der Waals surface area contributed by atoms with Crippen molar-refractivity contribution in [3.8, 4) is 0 Å². The van der Waals surface area contributed by atoms with Crippen LogP contribution in [0.4, 0.5) is 0 Å². The van der Waals surface area contributed by atoms with Gasteiger partial charge in [-0.3, -0.25) is 4.99 Å². The van der Waals surface area contributed by atoms with Gasteiger partial charge in [0.15, 0.2) is 5.96 Å². The molecule has 2 rings (SSSR count). The van der Waals surface area contributed by atoms with Crippen molar-refractivity contribution in [1.29, 1.82) is 0 Å². The fourth-order valence-corrected chi connectivity index (χ4v) is 2.90. The molecule has 1 aromatic carbocycles. The third kappa shape index (κ3) is 6.97.